The molecule has 2 aromatic heterocycles. The fraction of sp³-hybridized carbons (Fsp3) is 0.240. The second-order valence-corrected chi connectivity index (χ2v) is 10.4. The summed E-state index contributed by atoms with van der Waals surface area (Å²) in [6, 6.07) is 11.2. The highest BCUT2D eigenvalue weighted by atomic mass is 79.9. The van der Waals surface area contributed by atoms with Gasteiger partial charge >= 0.3 is 0 Å². The van der Waals surface area contributed by atoms with Crippen molar-refractivity contribution in [2.24, 2.45) is 5.10 Å². The molecule has 6 nitrogen and oxygen atoms in total. The van der Waals surface area contributed by atoms with Crippen molar-refractivity contribution in [2.75, 3.05) is 7.11 Å². The van der Waals surface area contributed by atoms with Gasteiger partial charge in [-0.1, -0.05) is 23.7 Å². The summed E-state index contributed by atoms with van der Waals surface area (Å²) < 4.78 is 13.6. The molecule has 0 unspecified atom stereocenters. The largest absolute Gasteiger partial charge is 0.493 e. The van der Waals surface area contributed by atoms with E-state index in [0.717, 1.165) is 45.3 Å². The van der Waals surface area contributed by atoms with Crippen LogP contribution >= 0.6 is 38.9 Å². The van der Waals surface area contributed by atoms with E-state index in [2.05, 4.69) is 26.0 Å². The normalized spacial score (nSPS) is 13.4. The van der Waals surface area contributed by atoms with Gasteiger partial charge in [0.05, 0.1) is 23.2 Å². The first kappa shape index (κ1) is 23.1. The number of halogens is 2. The molecule has 34 heavy (non-hydrogen) atoms. The van der Waals surface area contributed by atoms with E-state index < -0.39 is 0 Å². The molecule has 0 aliphatic heterocycles. The summed E-state index contributed by atoms with van der Waals surface area (Å²) in [6.45, 7) is 0.367. The number of aryl methyl sites for hydroxylation is 2. The molecule has 9 heteroatoms. The molecule has 174 valence electrons. The lowest BCUT2D eigenvalue weighted by Gasteiger charge is -2.13. The highest BCUT2D eigenvalue weighted by Gasteiger charge is 2.20. The minimum absolute atomic E-state index is 0.130. The van der Waals surface area contributed by atoms with E-state index in [1.165, 1.54) is 22.3 Å². The number of rotatable bonds is 6. The zero-order valence-corrected chi connectivity index (χ0v) is 21.5. The molecule has 5 rings (SSSR count). The maximum absolute atomic E-state index is 13.1. The molecule has 0 spiro atoms. The summed E-state index contributed by atoms with van der Waals surface area (Å²) in [5.41, 5.74) is 2.76. The van der Waals surface area contributed by atoms with E-state index >= 15 is 0 Å². The van der Waals surface area contributed by atoms with Crippen LogP contribution in [0.2, 0.25) is 5.02 Å². The van der Waals surface area contributed by atoms with Crippen LogP contribution in [0.1, 0.15) is 34.4 Å². The van der Waals surface area contributed by atoms with Crippen molar-refractivity contribution in [3.8, 4) is 11.5 Å². The molecule has 4 aromatic rings. The van der Waals surface area contributed by atoms with Gasteiger partial charge in [-0.05, 0) is 82.6 Å². The summed E-state index contributed by atoms with van der Waals surface area (Å²) >= 11 is 11.1. The Balaban J connectivity index is 1.41. The second-order valence-electron chi connectivity index (χ2n) is 7.98. The summed E-state index contributed by atoms with van der Waals surface area (Å²) in [5.74, 6) is 1.14. The molecule has 0 saturated carbocycles. The Hall–Kier alpha value is -2.68. The van der Waals surface area contributed by atoms with Crippen molar-refractivity contribution in [1.29, 1.82) is 0 Å². The van der Waals surface area contributed by atoms with Crippen LogP contribution in [0, 0.1) is 0 Å². The lowest BCUT2D eigenvalue weighted by atomic mass is 9.97. The Morgan fingerprint density at radius 1 is 1.24 bits per heavy atom. The average Bonchev–Trinajstić information content (AvgIpc) is 3.23. The Labute approximate surface area is 213 Å². The number of aromatic nitrogens is 2. The molecule has 0 N–H and O–H groups in total. The van der Waals surface area contributed by atoms with Crippen LogP contribution < -0.4 is 15.0 Å². The first-order valence-electron chi connectivity index (χ1n) is 10.8. The number of nitrogens with zero attached hydrogens (tertiary/aromatic N) is 3. The van der Waals surface area contributed by atoms with Gasteiger partial charge in [-0.2, -0.15) is 9.78 Å². The SMILES string of the molecule is COc1cc(/C=N\n2cnc3sc4c(c3c2=O)CCCC4)cc(Br)c1OCc1ccc(Cl)cc1. The third kappa shape index (κ3) is 4.62. The first-order valence-corrected chi connectivity index (χ1v) is 12.8. The number of methoxy groups -OCH3 is 1. The van der Waals surface area contributed by atoms with E-state index in [1.807, 2.05) is 36.4 Å². The van der Waals surface area contributed by atoms with Crippen molar-refractivity contribution in [3.63, 3.8) is 0 Å². The van der Waals surface area contributed by atoms with Gasteiger partial charge in [0.25, 0.3) is 5.56 Å². The molecule has 0 atom stereocenters. The van der Waals surface area contributed by atoms with Gasteiger partial charge in [0.15, 0.2) is 11.5 Å². The second kappa shape index (κ2) is 9.90. The quantitative estimate of drug-likeness (QED) is 0.264. The maximum Gasteiger partial charge on any atom is 0.282 e. The lowest BCUT2D eigenvalue weighted by molar-refractivity contribution is 0.282. The summed E-state index contributed by atoms with van der Waals surface area (Å²) in [6.07, 6.45) is 7.34. The molecular formula is C25H21BrClN3O3S. The zero-order valence-electron chi connectivity index (χ0n) is 18.4. The van der Waals surface area contributed by atoms with Crippen LogP contribution in [0.5, 0.6) is 11.5 Å². The fourth-order valence-corrected chi connectivity index (χ4v) is 5.96. The zero-order chi connectivity index (χ0) is 23.7. The number of thiophene rings is 1. The van der Waals surface area contributed by atoms with Crippen LogP contribution in [0.25, 0.3) is 10.2 Å². The average molecular weight is 559 g/mol. The number of hydrogen-bond donors (Lipinski definition) is 0. The van der Waals surface area contributed by atoms with Gasteiger partial charge in [0.2, 0.25) is 0 Å². The molecule has 0 radical (unpaired) electrons. The summed E-state index contributed by atoms with van der Waals surface area (Å²) in [7, 11) is 1.58. The standard InChI is InChI=1S/C25H21BrClN3O3S/c1-32-20-11-16(10-19(26)23(20)33-13-15-6-8-17(27)9-7-15)12-29-30-14-28-24-22(25(30)31)18-4-2-3-5-21(18)34-24/h6-12,14H,2-5,13H2,1H3/b29-12-. The molecule has 0 bridgehead atoms. The third-order valence-electron chi connectivity index (χ3n) is 5.74. The monoisotopic (exact) mass is 557 g/mol. The molecule has 1 aliphatic rings. The van der Waals surface area contributed by atoms with Gasteiger partial charge in [0.1, 0.15) is 17.8 Å². The fourth-order valence-electron chi connectivity index (χ4n) is 4.04. The number of hydrogen-bond acceptors (Lipinski definition) is 6. The lowest BCUT2D eigenvalue weighted by Crippen LogP contribution is -2.18. The minimum Gasteiger partial charge on any atom is -0.493 e. The maximum atomic E-state index is 13.1. The summed E-state index contributed by atoms with van der Waals surface area (Å²) in [5, 5.41) is 5.79. The van der Waals surface area contributed by atoms with E-state index in [-0.39, 0.29) is 5.56 Å². The van der Waals surface area contributed by atoms with Crippen LogP contribution in [0.15, 0.2) is 57.1 Å². The molecule has 0 saturated heterocycles. The van der Waals surface area contributed by atoms with Crippen LogP contribution in [0.3, 0.4) is 0 Å². The molecule has 0 amide bonds. The van der Waals surface area contributed by atoms with Crippen LogP contribution in [-0.4, -0.2) is 23.0 Å². The minimum atomic E-state index is -0.130. The van der Waals surface area contributed by atoms with Gasteiger partial charge in [-0.15, -0.1) is 11.3 Å². The predicted octanol–water partition coefficient (Wildman–Crippen LogP) is 6.22. The van der Waals surface area contributed by atoms with Crippen LogP contribution in [0.4, 0.5) is 0 Å². The molecule has 1 aliphatic carbocycles. The molecule has 2 heterocycles. The Bertz CT molecular complexity index is 1450. The predicted molar refractivity (Wildman–Crippen MR) is 140 cm³/mol. The van der Waals surface area contributed by atoms with E-state index in [0.29, 0.717) is 28.5 Å². The van der Waals surface area contributed by atoms with Gasteiger partial charge in [-0.25, -0.2) is 4.98 Å². The van der Waals surface area contributed by atoms with E-state index in [4.69, 9.17) is 21.1 Å². The molecular weight excluding hydrogens is 538 g/mol. The van der Waals surface area contributed by atoms with Gasteiger partial charge < -0.3 is 9.47 Å². The van der Waals surface area contributed by atoms with E-state index in [9.17, 15) is 4.79 Å². The van der Waals surface area contributed by atoms with E-state index in [1.54, 1.807) is 24.7 Å². The van der Waals surface area contributed by atoms with Crippen molar-refractivity contribution >= 4 is 55.3 Å². The number of ether oxygens (including phenoxy) is 2. The highest BCUT2D eigenvalue weighted by molar-refractivity contribution is 9.10. The van der Waals surface area contributed by atoms with Crippen LogP contribution in [-0.2, 0) is 19.4 Å². The van der Waals surface area contributed by atoms with Crippen molar-refractivity contribution in [1.82, 2.24) is 9.66 Å². The molecule has 2 aromatic carbocycles. The molecule has 0 fully saturated rings. The Kier molecular flexibility index (Phi) is 6.72. The van der Waals surface area contributed by atoms with Gasteiger partial charge in [0, 0.05) is 9.90 Å². The van der Waals surface area contributed by atoms with Gasteiger partial charge in [-0.3, -0.25) is 4.79 Å². The smallest absolute Gasteiger partial charge is 0.282 e. The topological polar surface area (TPSA) is 65.7 Å². The first-order chi connectivity index (χ1) is 16.5. The number of fused-ring (bicyclic) bond motifs is 3. The van der Waals surface area contributed by atoms with Crippen molar-refractivity contribution in [2.45, 2.75) is 32.3 Å². The number of benzene rings is 2. The Morgan fingerprint density at radius 3 is 2.82 bits per heavy atom. The van der Waals surface area contributed by atoms with Crippen molar-refractivity contribution < 1.29 is 9.47 Å². The Morgan fingerprint density at radius 2 is 2.03 bits per heavy atom. The highest BCUT2D eigenvalue weighted by Crippen LogP contribution is 2.37. The van der Waals surface area contributed by atoms with Crippen molar-refractivity contribution in [3.05, 3.63) is 84.1 Å². The summed E-state index contributed by atoms with van der Waals surface area (Å²) in [4.78, 5) is 19.7. The third-order valence-corrected chi connectivity index (χ3v) is 7.78.